The molecule has 1 aliphatic rings. The minimum absolute atomic E-state index is 0.00911. The van der Waals surface area contributed by atoms with E-state index in [4.69, 9.17) is 0 Å². The largest absolute Gasteiger partial charge is 0.351 e. The molecule has 1 fully saturated rings. The summed E-state index contributed by atoms with van der Waals surface area (Å²) in [6, 6.07) is 10.0. The molecule has 2 heterocycles. The topological polar surface area (TPSA) is 75.5 Å². The molecule has 1 amide bonds. The third-order valence-corrected chi connectivity index (χ3v) is 5.62. The summed E-state index contributed by atoms with van der Waals surface area (Å²) in [7, 11) is 0. The monoisotopic (exact) mass is 359 g/mol. The number of rotatable bonds is 6. The normalized spacial score (nSPS) is 15.8. The van der Waals surface area contributed by atoms with Crippen LogP contribution in [0.4, 0.5) is 5.69 Å². The zero-order chi connectivity index (χ0) is 17.6. The molecule has 0 aliphatic carbocycles. The first kappa shape index (κ1) is 17.6. The number of thiophene rings is 1. The Morgan fingerprint density at radius 1 is 1.24 bits per heavy atom. The molecular weight excluding hydrogens is 338 g/mol. The van der Waals surface area contributed by atoms with Crippen molar-refractivity contribution in [3.8, 4) is 0 Å². The van der Waals surface area contributed by atoms with Crippen LogP contribution in [-0.4, -0.2) is 41.9 Å². The number of nitro benzene ring substituents is 1. The van der Waals surface area contributed by atoms with E-state index in [1.165, 1.54) is 29.1 Å². The van der Waals surface area contributed by atoms with Crippen LogP contribution in [0, 0.1) is 10.1 Å². The van der Waals surface area contributed by atoms with Gasteiger partial charge < -0.3 is 10.2 Å². The van der Waals surface area contributed by atoms with Crippen molar-refractivity contribution >= 4 is 22.9 Å². The van der Waals surface area contributed by atoms with Gasteiger partial charge in [-0.25, -0.2) is 0 Å². The highest BCUT2D eigenvalue weighted by Crippen LogP contribution is 2.30. The van der Waals surface area contributed by atoms with E-state index in [-0.39, 0.29) is 11.6 Å². The van der Waals surface area contributed by atoms with Gasteiger partial charge in [0.15, 0.2) is 0 Å². The van der Waals surface area contributed by atoms with E-state index in [9.17, 15) is 14.9 Å². The molecule has 1 saturated heterocycles. The highest BCUT2D eigenvalue weighted by Gasteiger charge is 2.21. The van der Waals surface area contributed by atoms with Crippen molar-refractivity contribution < 1.29 is 9.72 Å². The van der Waals surface area contributed by atoms with Crippen LogP contribution in [0.25, 0.3) is 0 Å². The maximum Gasteiger partial charge on any atom is 0.269 e. The van der Waals surface area contributed by atoms with Crippen molar-refractivity contribution in [1.82, 2.24) is 10.2 Å². The van der Waals surface area contributed by atoms with Gasteiger partial charge in [0.25, 0.3) is 11.6 Å². The first-order valence-corrected chi connectivity index (χ1v) is 9.30. The molecule has 2 aromatic rings. The van der Waals surface area contributed by atoms with Crippen LogP contribution in [0.2, 0.25) is 0 Å². The summed E-state index contributed by atoms with van der Waals surface area (Å²) in [4.78, 5) is 26.1. The summed E-state index contributed by atoms with van der Waals surface area (Å²) in [5.74, 6) is 0.481. The number of nitrogens with one attached hydrogen (secondary N) is 1. The van der Waals surface area contributed by atoms with Gasteiger partial charge in [-0.15, -0.1) is 11.3 Å². The number of non-ortho nitro benzene ring substituents is 1. The molecule has 0 saturated carbocycles. The number of nitrogens with zero attached hydrogens (tertiary/aromatic N) is 2. The maximum absolute atomic E-state index is 12.1. The van der Waals surface area contributed by atoms with Gasteiger partial charge >= 0.3 is 0 Å². The van der Waals surface area contributed by atoms with E-state index in [0.29, 0.717) is 18.0 Å². The number of likely N-dealkylation sites (tertiary alicyclic amines) is 1. The summed E-state index contributed by atoms with van der Waals surface area (Å²) in [6.07, 6.45) is 2.33. The number of hydrogen-bond donors (Lipinski definition) is 1. The van der Waals surface area contributed by atoms with Crippen LogP contribution in [0.3, 0.4) is 0 Å². The van der Waals surface area contributed by atoms with E-state index >= 15 is 0 Å². The Bertz CT molecular complexity index is 708. The van der Waals surface area contributed by atoms with Gasteiger partial charge in [-0.3, -0.25) is 14.9 Å². The minimum atomic E-state index is -0.471. The standard InChI is InChI=1S/C18H21N3O3S/c22-18(15-3-5-16(6-4-15)21(23)24)19-9-12-20-10-7-14(8-11-20)17-2-1-13-25-17/h1-6,13-14H,7-12H2,(H,19,22). The molecule has 0 unspecified atom stereocenters. The zero-order valence-electron chi connectivity index (χ0n) is 13.9. The van der Waals surface area contributed by atoms with Crippen LogP contribution < -0.4 is 5.32 Å². The summed E-state index contributed by atoms with van der Waals surface area (Å²) >= 11 is 1.84. The molecule has 3 rings (SSSR count). The van der Waals surface area contributed by atoms with Crippen molar-refractivity contribution in [2.75, 3.05) is 26.2 Å². The summed E-state index contributed by atoms with van der Waals surface area (Å²) < 4.78 is 0. The Morgan fingerprint density at radius 2 is 1.96 bits per heavy atom. The number of hydrogen-bond acceptors (Lipinski definition) is 5. The SMILES string of the molecule is O=C(NCCN1CCC(c2cccs2)CC1)c1ccc([N+](=O)[O-])cc1. The van der Waals surface area contributed by atoms with Crippen molar-refractivity contribution in [3.05, 3.63) is 62.3 Å². The fourth-order valence-electron chi connectivity index (χ4n) is 3.13. The summed E-state index contributed by atoms with van der Waals surface area (Å²) in [5, 5.41) is 15.6. The number of nitro groups is 1. The summed E-state index contributed by atoms with van der Waals surface area (Å²) in [5.41, 5.74) is 0.437. The Hall–Kier alpha value is -2.25. The molecule has 1 aliphatic heterocycles. The molecule has 0 radical (unpaired) electrons. The smallest absolute Gasteiger partial charge is 0.269 e. The molecule has 0 bridgehead atoms. The lowest BCUT2D eigenvalue weighted by molar-refractivity contribution is -0.384. The van der Waals surface area contributed by atoms with E-state index in [1.54, 1.807) is 0 Å². The highest BCUT2D eigenvalue weighted by atomic mass is 32.1. The average molecular weight is 359 g/mol. The molecule has 1 N–H and O–H groups in total. The number of piperidine rings is 1. The van der Waals surface area contributed by atoms with E-state index in [0.717, 1.165) is 32.5 Å². The van der Waals surface area contributed by atoms with Gasteiger partial charge in [-0.1, -0.05) is 6.07 Å². The van der Waals surface area contributed by atoms with Gasteiger partial charge in [0.05, 0.1) is 4.92 Å². The van der Waals surface area contributed by atoms with Gasteiger partial charge in [0, 0.05) is 35.7 Å². The fourth-order valence-corrected chi connectivity index (χ4v) is 4.03. The number of carbonyl (C=O) groups excluding carboxylic acids is 1. The fraction of sp³-hybridized carbons (Fsp3) is 0.389. The Balaban J connectivity index is 1.39. The lowest BCUT2D eigenvalue weighted by Crippen LogP contribution is -2.39. The van der Waals surface area contributed by atoms with Crippen molar-refractivity contribution in [3.63, 3.8) is 0 Å². The molecular formula is C18H21N3O3S. The van der Waals surface area contributed by atoms with Crippen molar-refractivity contribution in [1.29, 1.82) is 0 Å². The van der Waals surface area contributed by atoms with E-state index in [1.807, 2.05) is 11.3 Å². The van der Waals surface area contributed by atoms with Crippen molar-refractivity contribution in [2.45, 2.75) is 18.8 Å². The molecule has 6 nitrogen and oxygen atoms in total. The van der Waals surface area contributed by atoms with E-state index in [2.05, 4.69) is 27.7 Å². The second-order valence-corrected chi connectivity index (χ2v) is 7.17. The minimum Gasteiger partial charge on any atom is -0.351 e. The van der Waals surface area contributed by atoms with Crippen LogP contribution in [-0.2, 0) is 0 Å². The predicted molar refractivity (Wildman–Crippen MR) is 98.2 cm³/mol. The lowest BCUT2D eigenvalue weighted by atomic mass is 9.95. The van der Waals surface area contributed by atoms with Crippen LogP contribution in [0.1, 0.15) is 34.0 Å². The average Bonchev–Trinajstić information content (AvgIpc) is 3.17. The Labute approximate surface area is 150 Å². The summed E-state index contributed by atoms with van der Waals surface area (Å²) in [6.45, 7) is 3.52. The van der Waals surface area contributed by atoms with Crippen LogP contribution >= 0.6 is 11.3 Å². The van der Waals surface area contributed by atoms with E-state index < -0.39 is 4.92 Å². The molecule has 1 aromatic heterocycles. The molecule has 7 heteroatoms. The quantitative estimate of drug-likeness (QED) is 0.634. The Kier molecular flexibility index (Phi) is 5.78. The predicted octanol–water partition coefficient (Wildman–Crippen LogP) is 3.27. The number of benzene rings is 1. The van der Waals surface area contributed by atoms with Gasteiger partial charge in [0.1, 0.15) is 0 Å². The lowest BCUT2D eigenvalue weighted by Gasteiger charge is -2.31. The third kappa shape index (κ3) is 4.64. The highest BCUT2D eigenvalue weighted by molar-refractivity contribution is 7.10. The maximum atomic E-state index is 12.1. The number of carbonyl (C=O) groups is 1. The second kappa shape index (κ2) is 8.22. The molecule has 0 atom stereocenters. The molecule has 132 valence electrons. The second-order valence-electron chi connectivity index (χ2n) is 6.19. The molecule has 1 aromatic carbocycles. The van der Waals surface area contributed by atoms with Gasteiger partial charge in [0.2, 0.25) is 0 Å². The first-order valence-electron chi connectivity index (χ1n) is 8.42. The Morgan fingerprint density at radius 3 is 2.56 bits per heavy atom. The number of amides is 1. The zero-order valence-corrected chi connectivity index (χ0v) is 14.7. The van der Waals surface area contributed by atoms with Gasteiger partial charge in [-0.2, -0.15) is 0 Å². The molecule has 0 spiro atoms. The van der Waals surface area contributed by atoms with Crippen molar-refractivity contribution in [2.24, 2.45) is 0 Å². The van der Waals surface area contributed by atoms with Crippen LogP contribution in [0.5, 0.6) is 0 Å². The van der Waals surface area contributed by atoms with Crippen LogP contribution in [0.15, 0.2) is 41.8 Å². The first-order chi connectivity index (χ1) is 12.1. The van der Waals surface area contributed by atoms with Gasteiger partial charge in [-0.05, 0) is 55.4 Å². The molecule has 25 heavy (non-hydrogen) atoms. The third-order valence-electron chi connectivity index (χ3n) is 4.59.